The summed E-state index contributed by atoms with van der Waals surface area (Å²) < 4.78 is 65.8. The van der Waals surface area contributed by atoms with E-state index in [9.17, 15) is 22.7 Å². The molecule has 3 rings (SSSR count). The topological polar surface area (TPSA) is 64.1 Å². The largest absolute Gasteiger partial charge is 0.491 e. The van der Waals surface area contributed by atoms with Crippen molar-refractivity contribution in [1.82, 2.24) is 4.98 Å². The molecule has 0 aliphatic rings. The van der Waals surface area contributed by atoms with Crippen LogP contribution in [0, 0.1) is 0 Å². The molecule has 0 aliphatic heterocycles. The van der Waals surface area contributed by atoms with Gasteiger partial charge in [0, 0.05) is 42.4 Å². The number of alkyl halides is 4. The zero-order valence-corrected chi connectivity index (χ0v) is 18.5. The smallest absolute Gasteiger partial charge is 0.387 e. The molecular weight excluding hydrogens is 456 g/mol. The highest BCUT2D eigenvalue weighted by Gasteiger charge is 2.20. The molecule has 34 heavy (non-hydrogen) atoms. The van der Waals surface area contributed by atoms with E-state index >= 15 is 0 Å². The number of halogens is 4. The molecule has 0 unspecified atom stereocenters. The maximum atomic E-state index is 13.0. The average Bonchev–Trinajstić information content (AvgIpc) is 2.77. The van der Waals surface area contributed by atoms with Crippen LogP contribution in [0.3, 0.4) is 0 Å². The third-order valence-electron chi connectivity index (χ3n) is 4.46. The second kappa shape index (κ2) is 11.1. The highest BCUT2D eigenvalue weighted by atomic mass is 19.3. The van der Waals surface area contributed by atoms with Crippen LogP contribution in [0.5, 0.6) is 17.2 Å². The maximum absolute atomic E-state index is 13.0. The predicted molar refractivity (Wildman–Crippen MR) is 118 cm³/mol. The van der Waals surface area contributed by atoms with Crippen LogP contribution in [0.2, 0.25) is 0 Å². The summed E-state index contributed by atoms with van der Waals surface area (Å²) in [7, 11) is 0. The first-order chi connectivity index (χ1) is 16.1. The van der Waals surface area contributed by atoms with E-state index in [0.717, 1.165) is 11.6 Å². The molecule has 0 amide bonds. The van der Waals surface area contributed by atoms with E-state index in [1.54, 1.807) is 61.5 Å². The summed E-state index contributed by atoms with van der Waals surface area (Å²) in [6, 6.07) is 14.3. The fourth-order valence-corrected chi connectivity index (χ4v) is 3.05. The summed E-state index contributed by atoms with van der Waals surface area (Å²) in [5, 5.41) is 9.94. The van der Waals surface area contributed by atoms with E-state index in [1.807, 2.05) is 6.07 Å². The van der Waals surface area contributed by atoms with E-state index in [1.165, 1.54) is 12.1 Å². The molecule has 0 fully saturated rings. The van der Waals surface area contributed by atoms with Gasteiger partial charge in [-0.05, 0) is 49.7 Å². The SMILES string of the molecule is CC(C)(O)COc1cccc(N(Cc2cccnc2)c2ccc(OC(F)F)c(OC(F)F)c2)c1. The lowest BCUT2D eigenvalue weighted by Gasteiger charge is -2.27. The van der Waals surface area contributed by atoms with Gasteiger partial charge in [-0.25, -0.2) is 0 Å². The molecule has 0 spiro atoms. The minimum absolute atomic E-state index is 0.0467. The molecule has 0 bridgehead atoms. The van der Waals surface area contributed by atoms with Gasteiger partial charge in [0.1, 0.15) is 12.4 Å². The summed E-state index contributed by atoms with van der Waals surface area (Å²) in [5.74, 6) is -0.571. The first kappa shape index (κ1) is 25.1. The van der Waals surface area contributed by atoms with Crippen molar-refractivity contribution in [1.29, 1.82) is 0 Å². The Hall–Kier alpha value is -3.53. The molecule has 0 atom stereocenters. The number of aliphatic hydroxyl groups is 1. The molecule has 0 saturated carbocycles. The van der Waals surface area contributed by atoms with Crippen LogP contribution in [0.1, 0.15) is 19.4 Å². The van der Waals surface area contributed by atoms with E-state index in [-0.39, 0.29) is 13.2 Å². The second-order valence-electron chi connectivity index (χ2n) is 7.93. The quantitative estimate of drug-likeness (QED) is 0.352. The van der Waals surface area contributed by atoms with Crippen molar-refractivity contribution in [2.45, 2.75) is 39.2 Å². The molecule has 0 aliphatic carbocycles. The average molecular weight is 480 g/mol. The van der Waals surface area contributed by atoms with Crippen LogP contribution in [0.4, 0.5) is 28.9 Å². The molecule has 6 nitrogen and oxygen atoms in total. The molecule has 2 aromatic carbocycles. The van der Waals surface area contributed by atoms with Crippen molar-refractivity contribution in [3.63, 3.8) is 0 Å². The number of aromatic nitrogens is 1. The van der Waals surface area contributed by atoms with E-state index in [4.69, 9.17) is 4.74 Å². The van der Waals surface area contributed by atoms with Gasteiger partial charge in [-0.15, -0.1) is 0 Å². The minimum Gasteiger partial charge on any atom is -0.491 e. The van der Waals surface area contributed by atoms with Crippen molar-refractivity contribution in [2.24, 2.45) is 0 Å². The molecular formula is C24H24F4N2O4. The standard InChI is InChI=1S/C24H24F4N2O4/c1-24(2,31)15-32-19-7-3-6-17(11-19)30(14-16-5-4-10-29-13-16)18-8-9-20(33-22(25)26)21(12-18)34-23(27)28/h3-13,22-23,31H,14-15H2,1-2H3. The third-order valence-corrected chi connectivity index (χ3v) is 4.46. The minimum atomic E-state index is -3.24. The van der Waals surface area contributed by atoms with Crippen LogP contribution < -0.4 is 19.1 Å². The van der Waals surface area contributed by atoms with E-state index in [0.29, 0.717) is 17.1 Å². The molecule has 182 valence electrons. The van der Waals surface area contributed by atoms with Crippen LogP contribution in [-0.2, 0) is 6.54 Å². The van der Waals surface area contributed by atoms with Gasteiger partial charge in [-0.1, -0.05) is 12.1 Å². The summed E-state index contributed by atoms with van der Waals surface area (Å²) in [6.45, 7) is -2.91. The maximum Gasteiger partial charge on any atom is 0.387 e. The van der Waals surface area contributed by atoms with Crippen molar-refractivity contribution >= 4 is 11.4 Å². The van der Waals surface area contributed by atoms with Crippen molar-refractivity contribution in [2.75, 3.05) is 11.5 Å². The number of rotatable bonds is 11. The molecule has 10 heteroatoms. The van der Waals surface area contributed by atoms with Gasteiger partial charge in [-0.2, -0.15) is 17.6 Å². The van der Waals surface area contributed by atoms with Gasteiger partial charge in [0.25, 0.3) is 0 Å². The zero-order chi connectivity index (χ0) is 24.7. The number of nitrogens with zero attached hydrogens (tertiary/aromatic N) is 2. The number of hydrogen-bond donors (Lipinski definition) is 1. The van der Waals surface area contributed by atoms with Gasteiger partial charge in [-0.3, -0.25) is 4.98 Å². The highest BCUT2D eigenvalue weighted by Crippen LogP contribution is 2.38. The predicted octanol–water partition coefficient (Wildman–Crippen LogP) is 5.77. The Morgan fingerprint density at radius 1 is 0.912 bits per heavy atom. The zero-order valence-electron chi connectivity index (χ0n) is 18.5. The highest BCUT2D eigenvalue weighted by molar-refractivity contribution is 5.67. The molecule has 0 radical (unpaired) electrons. The number of ether oxygens (including phenoxy) is 3. The molecule has 0 saturated heterocycles. The lowest BCUT2D eigenvalue weighted by atomic mass is 10.1. The van der Waals surface area contributed by atoms with E-state index in [2.05, 4.69) is 14.5 Å². The van der Waals surface area contributed by atoms with Gasteiger partial charge in [0.05, 0.1) is 5.60 Å². The van der Waals surface area contributed by atoms with E-state index < -0.39 is 30.3 Å². The van der Waals surface area contributed by atoms with Crippen LogP contribution in [-0.4, -0.2) is 35.5 Å². The summed E-state index contributed by atoms with van der Waals surface area (Å²) in [6.07, 6.45) is 3.26. The first-order valence-electron chi connectivity index (χ1n) is 10.3. The first-order valence-corrected chi connectivity index (χ1v) is 10.3. The fourth-order valence-electron chi connectivity index (χ4n) is 3.05. The number of hydrogen-bond acceptors (Lipinski definition) is 6. The lowest BCUT2D eigenvalue weighted by Crippen LogP contribution is -2.27. The Kier molecular flexibility index (Phi) is 8.17. The lowest BCUT2D eigenvalue weighted by molar-refractivity contribution is -0.0692. The number of benzene rings is 2. The third kappa shape index (κ3) is 7.51. The van der Waals surface area contributed by atoms with Gasteiger partial charge >= 0.3 is 13.2 Å². The van der Waals surface area contributed by atoms with Crippen LogP contribution in [0.25, 0.3) is 0 Å². The molecule has 1 aromatic heterocycles. The Morgan fingerprint density at radius 2 is 1.62 bits per heavy atom. The van der Waals surface area contributed by atoms with Crippen molar-refractivity contribution in [3.8, 4) is 17.2 Å². The summed E-state index contributed by atoms with van der Waals surface area (Å²) >= 11 is 0. The number of pyridine rings is 1. The van der Waals surface area contributed by atoms with Crippen molar-refractivity contribution in [3.05, 3.63) is 72.6 Å². The molecule has 3 aromatic rings. The summed E-state index contributed by atoms with van der Waals surface area (Å²) in [4.78, 5) is 5.84. The molecule has 1 N–H and O–H groups in total. The Bertz CT molecular complexity index is 1060. The van der Waals surface area contributed by atoms with Crippen molar-refractivity contribution < 1.29 is 36.9 Å². The Morgan fingerprint density at radius 3 is 2.26 bits per heavy atom. The molecule has 1 heterocycles. The van der Waals surface area contributed by atoms with Crippen LogP contribution in [0.15, 0.2) is 67.0 Å². The van der Waals surface area contributed by atoms with Gasteiger partial charge in [0.15, 0.2) is 11.5 Å². The normalized spacial score (nSPS) is 11.6. The Labute approximate surface area is 194 Å². The number of anilines is 2. The second-order valence-corrected chi connectivity index (χ2v) is 7.93. The van der Waals surface area contributed by atoms with Gasteiger partial charge < -0.3 is 24.2 Å². The fraction of sp³-hybridized carbons (Fsp3) is 0.292. The van der Waals surface area contributed by atoms with Gasteiger partial charge in [0.2, 0.25) is 0 Å². The monoisotopic (exact) mass is 480 g/mol. The Balaban J connectivity index is 2.01. The summed E-state index contributed by atoms with van der Waals surface area (Å²) in [5.41, 5.74) is 0.742. The van der Waals surface area contributed by atoms with Crippen LogP contribution >= 0.6 is 0 Å².